The number of benzene rings is 1. The molecule has 1 rings (SSSR count). The molecular formula is C9H8S2. The number of hydrogen-bond acceptors (Lipinski definition) is 2. The van der Waals surface area contributed by atoms with Gasteiger partial charge in [0.05, 0.1) is 5.75 Å². The van der Waals surface area contributed by atoms with Crippen molar-refractivity contribution in [3.63, 3.8) is 0 Å². The van der Waals surface area contributed by atoms with Gasteiger partial charge in [-0.15, -0.1) is 12.6 Å². The number of hydrogen-bond donors (Lipinski definition) is 2. The van der Waals surface area contributed by atoms with Crippen molar-refractivity contribution in [2.24, 2.45) is 0 Å². The highest BCUT2D eigenvalue weighted by Crippen LogP contribution is 2.10. The van der Waals surface area contributed by atoms with Crippen LogP contribution in [-0.4, -0.2) is 5.75 Å². The Bertz CT molecular complexity index is 294. The minimum atomic E-state index is 0.585. The molecule has 0 saturated heterocycles. The lowest BCUT2D eigenvalue weighted by atomic mass is 10.2. The van der Waals surface area contributed by atoms with Gasteiger partial charge >= 0.3 is 0 Å². The third-order valence-corrected chi connectivity index (χ3v) is 1.75. The summed E-state index contributed by atoms with van der Waals surface area (Å²) < 4.78 is 0. The van der Waals surface area contributed by atoms with Crippen LogP contribution in [0.15, 0.2) is 29.2 Å². The maximum absolute atomic E-state index is 4.24. The van der Waals surface area contributed by atoms with Crippen LogP contribution in [0.4, 0.5) is 0 Å². The third kappa shape index (κ3) is 2.53. The Kier molecular flexibility index (Phi) is 3.41. The van der Waals surface area contributed by atoms with E-state index >= 15 is 0 Å². The second-order valence-electron chi connectivity index (χ2n) is 1.98. The lowest BCUT2D eigenvalue weighted by molar-refractivity contribution is 1.43. The molecule has 0 aliphatic rings. The van der Waals surface area contributed by atoms with E-state index in [0.717, 1.165) is 10.5 Å². The Morgan fingerprint density at radius 1 is 1.27 bits per heavy atom. The van der Waals surface area contributed by atoms with Gasteiger partial charge in [0.1, 0.15) is 0 Å². The van der Waals surface area contributed by atoms with Crippen molar-refractivity contribution in [1.82, 2.24) is 0 Å². The zero-order valence-electron chi connectivity index (χ0n) is 5.91. The fourth-order valence-corrected chi connectivity index (χ4v) is 1.01. The summed E-state index contributed by atoms with van der Waals surface area (Å²) in [5.74, 6) is 6.42. The van der Waals surface area contributed by atoms with Gasteiger partial charge in [-0.25, -0.2) is 0 Å². The number of rotatable bonds is 0. The van der Waals surface area contributed by atoms with E-state index < -0.39 is 0 Å². The van der Waals surface area contributed by atoms with Gasteiger partial charge in [0, 0.05) is 10.5 Å². The molecule has 0 unspecified atom stereocenters. The molecule has 0 aliphatic carbocycles. The first-order chi connectivity index (χ1) is 5.34. The third-order valence-electron chi connectivity index (χ3n) is 1.21. The molecule has 0 heterocycles. The minimum absolute atomic E-state index is 0.585. The molecule has 0 nitrogen and oxygen atoms in total. The first kappa shape index (κ1) is 8.58. The Hall–Kier alpha value is -0.520. The minimum Gasteiger partial charge on any atom is -0.166 e. The Morgan fingerprint density at radius 2 is 2.00 bits per heavy atom. The second kappa shape index (κ2) is 4.38. The van der Waals surface area contributed by atoms with Crippen molar-refractivity contribution in [3.05, 3.63) is 29.8 Å². The predicted molar refractivity (Wildman–Crippen MR) is 54.4 cm³/mol. The van der Waals surface area contributed by atoms with Gasteiger partial charge in [0.2, 0.25) is 0 Å². The maximum Gasteiger partial charge on any atom is 0.0521 e. The van der Waals surface area contributed by atoms with Gasteiger partial charge in [0.25, 0.3) is 0 Å². The lowest BCUT2D eigenvalue weighted by Crippen LogP contribution is -1.75. The van der Waals surface area contributed by atoms with Gasteiger partial charge in [-0.1, -0.05) is 24.0 Å². The maximum atomic E-state index is 4.24. The topological polar surface area (TPSA) is 0 Å². The van der Waals surface area contributed by atoms with Crippen molar-refractivity contribution >= 4 is 25.3 Å². The first-order valence-electron chi connectivity index (χ1n) is 3.22. The van der Waals surface area contributed by atoms with Crippen molar-refractivity contribution in [2.75, 3.05) is 5.75 Å². The molecule has 0 N–H and O–H groups in total. The summed E-state index contributed by atoms with van der Waals surface area (Å²) in [4.78, 5) is 0.918. The SMILES string of the molecule is SCC#Cc1ccccc1S. The number of thiol groups is 2. The molecule has 0 fully saturated rings. The molecule has 0 bridgehead atoms. The summed E-state index contributed by atoms with van der Waals surface area (Å²) in [5, 5.41) is 0. The monoisotopic (exact) mass is 180 g/mol. The Labute approximate surface area is 77.8 Å². The molecule has 56 valence electrons. The molecule has 0 spiro atoms. The van der Waals surface area contributed by atoms with Crippen molar-refractivity contribution < 1.29 is 0 Å². The van der Waals surface area contributed by atoms with E-state index in [1.807, 2.05) is 24.3 Å². The summed E-state index contributed by atoms with van der Waals surface area (Å²) in [6.07, 6.45) is 0. The van der Waals surface area contributed by atoms with E-state index in [4.69, 9.17) is 0 Å². The van der Waals surface area contributed by atoms with Gasteiger partial charge in [-0.2, -0.15) is 12.6 Å². The molecule has 0 radical (unpaired) electrons. The average molecular weight is 180 g/mol. The molecule has 0 atom stereocenters. The highest BCUT2D eigenvalue weighted by molar-refractivity contribution is 7.80. The predicted octanol–water partition coefficient (Wildman–Crippen LogP) is 2.26. The molecule has 0 amide bonds. The van der Waals surface area contributed by atoms with Crippen molar-refractivity contribution in [2.45, 2.75) is 4.90 Å². The van der Waals surface area contributed by atoms with Gasteiger partial charge in [0.15, 0.2) is 0 Å². The molecule has 0 aromatic heterocycles. The zero-order valence-corrected chi connectivity index (χ0v) is 7.70. The first-order valence-corrected chi connectivity index (χ1v) is 4.30. The Balaban J connectivity index is 2.95. The van der Waals surface area contributed by atoms with Crippen LogP contribution in [0.5, 0.6) is 0 Å². The summed E-state index contributed by atoms with van der Waals surface area (Å²) in [6, 6.07) is 7.75. The van der Waals surface area contributed by atoms with Crippen LogP contribution in [0.3, 0.4) is 0 Å². The van der Waals surface area contributed by atoms with E-state index in [-0.39, 0.29) is 0 Å². The van der Waals surface area contributed by atoms with Crippen molar-refractivity contribution in [1.29, 1.82) is 0 Å². The molecule has 1 aromatic carbocycles. The van der Waals surface area contributed by atoms with E-state index in [1.165, 1.54) is 0 Å². The summed E-state index contributed by atoms with van der Waals surface area (Å²) >= 11 is 8.23. The fraction of sp³-hybridized carbons (Fsp3) is 0.111. The highest BCUT2D eigenvalue weighted by Gasteiger charge is 1.89. The van der Waals surface area contributed by atoms with E-state index in [2.05, 4.69) is 37.1 Å². The fourth-order valence-electron chi connectivity index (χ4n) is 0.714. The van der Waals surface area contributed by atoms with Crippen LogP contribution in [0.2, 0.25) is 0 Å². The second-order valence-corrected chi connectivity index (χ2v) is 2.78. The standard InChI is InChI=1S/C9H8S2/c10-7-3-5-8-4-1-2-6-9(8)11/h1-2,4,6,10-11H,7H2. The molecule has 11 heavy (non-hydrogen) atoms. The van der Waals surface area contributed by atoms with Crippen LogP contribution in [0, 0.1) is 11.8 Å². The average Bonchev–Trinajstić information content (AvgIpc) is 2.03. The molecule has 2 heteroatoms. The van der Waals surface area contributed by atoms with Crippen molar-refractivity contribution in [3.8, 4) is 11.8 Å². The Morgan fingerprint density at radius 3 is 2.64 bits per heavy atom. The van der Waals surface area contributed by atoms with E-state index in [1.54, 1.807) is 0 Å². The van der Waals surface area contributed by atoms with Gasteiger partial charge in [-0.05, 0) is 12.1 Å². The quantitative estimate of drug-likeness (QED) is 0.444. The van der Waals surface area contributed by atoms with Crippen LogP contribution in [-0.2, 0) is 0 Å². The van der Waals surface area contributed by atoms with Crippen LogP contribution >= 0.6 is 25.3 Å². The summed E-state index contributed by atoms with van der Waals surface area (Å²) in [5.41, 5.74) is 0.963. The summed E-state index contributed by atoms with van der Waals surface area (Å²) in [6.45, 7) is 0. The van der Waals surface area contributed by atoms with E-state index in [9.17, 15) is 0 Å². The highest BCUT2D eigenvalue weighted by atomic mass is 32.1. The molecule has 1 aromatic rings. The molecule has 0 saturated carbocycles. The largest absolute Gasteiger partial charge is 0.166 e. The van der Waals surface area contributed by atoms with Crippen LogP contribution in [0.1, 0.15) is 5.56 Å². The normalized spacial score (nSPS) is 8.55. The van der Waals surface area contributed by atoms with Crippen LogP contribution in [0.25, 0.3) is 0 Å². The van der Waals surface area contributed by atoms with Gasteiger partial charge < -0.3 is 0 Å². The van der Waals surface area contributed by atoms with Crippen LogP contribution < -0.4 is 0 Å². The molecular weight excluding hydrogens is 172 g/mol. The molecule has 0 aliphatic heterocycles. The summed E-state index contributed by atoms with van der Waals surface area (Å²) in [7, 11) is 0. The zero-order chi connectivity index (χ0) is 8.10. The lowest BCUT2D eigenvalue weighted by Gasteiger charge is -1.92. The van der Waals surface area contributed by atoms with E-state index in [0.29, 0.717) is 5.75 Å². The smallest absolute Gasteiger partial charge is 0.0521 e. The van der Waals surface area contributed by atoms with Gasteiger partial charge in [-0.3, -0.25) is 0 Å².